The molecule has 1 N–H and O–H groups in total. The molecular weight excluding hydrogens is 348 g/mol. The molecule has 1 aliphatic carbocycles. The van der Waals surface area contributed by atoms with Gasteiger partial charge in [0.05, 0.1) is 18.4 Å². The lowest BCUT2D eigenvalue weighted by Gasteiger charge is -2.43. The van der Waals surface area contributed by atoms with Gasteiger partial charge >= 0.3 is 0 Å². The van der Waals surface area contributed by atoms with Crippen molar-refractivity contribution in [3.8, 4) is 0 Å². The summed E-state index contributed by atoms with van der Waals surface area (Å²) in [6.07, 6.45) is 10.2. The number of rotatable bonds is 4. The Balaban J connectivity index is 1.31. The minimum atomic E-state index is -0.288. The number of furan rings is 1. The van der Waals surface area contributed by atoms with Crippen molar-refractivity contribution in [3.63, 3.8) is 0 Å². The van der Waals surface area contributed by atoms with Gasteiger partial charge in [-0.05, 0) is 81.2 Å². The largest absolute Gasteiger partial charge is 0.465 e. The van der Waals surface area contributed by atoms with E-state index in [2.05, 4.69) is 40.1 Å². The SMILES string of the molecule is O[C@H]1[C@H](N2CCCC2)c2ccccc2C12CCN(C/C=C/c1ccco1)CC2. The Hall–Kier alpha value is -1.88. The minimum absolute atomic E-state index is 0.0783. The van der Waals surface area contributed by atoms with Crippen molar-refractivity contribution >= 4 is 6.08 Å². The zero-order chi connectivity index (χ0) is 19.0. The second-order valence-electron chi connectivity index (χ2n) is 8.59. The van der Waals surface area contributed by atoms with Crippen LogP contribution in [0.5, 0.6) is 0 Å². The topological polar surface area (TPSA) is 39.9 Å². The first-order chi connectivity index (χ1) is 13.8. The number of benzene rings is 1. The van der Waals surface area contributed by atoms with Crippen LogP contribution in [0.3, 0.4) is 0 Å². The predicted octanol–water partition coefficient (Wildman–Crippen LogP) is 3.84. The van der Waals surface area contributed by atoms with Crippen LogP contribution < -0.4 is 0 Å². The molecule has 2 fully saturated rings. The summed E-state index contributed by atoms with van der Waals surface area (Å²) in [5, 5.41) is 11.5. The summed E-state index contributed by atoms with van der Waals surface area (Å²) >= 11 is 0. The van der Waals surface area contributed by atoms with Crippen molar-refractivity contribution in [1.29, 1.82) is 0 Å². The Morgan fingerprint density at radius 1 is 1.04 bits per heavy atom. The number of hydrogen-bond acceptors (Lipinski definition) is 4. The first-order valence-corrected chi connectivity index (χ1v) is 10.7. The lowest BCUT2D eigenvalue weighted by molar-refractivity contribution is -0.00795. The Morgan fingerprint density at radius 3 is 2.57 bits per heavy atom. The van der Waals surface area contributed by atoms with Crippen LogP contribution in [0, 0.1) is 0 Å². The third-order valence-corrected chi connectivity index (χ3v) is 7.15. The highest BCUT2D eigenvalue weighted by Gasteiger charge is 2.54. The first kappa shape index (κ1) is 18.2. The van der Waals surface area contributed by atoms with Crippen molar-refractivity contribution in [3.05, 3.63) is 65.6 Å². The van der Waals surface area contributed by atoms with E-state index in [1.807, 2.05) is 18.2 Å². The van der Waals surface area contributed by atoms with E-state index < -0.39 is 0 Å². The van der Waals surface area contributed by atoms with Gasteiger partial charge in [-0.25, -0.2) is 0 Å². The summed E-state index contributed by atoms with van der Waals surface area (Å²) in [5.41, 5.74) is 2.71. The summed E-state index contributed by atoms with van der Waals surface area (Å²) in [4.78, 5) is 5.01. The molecule has 4 heteroatoms. The fourth-order valence-corrected chi connectivity index (χ4v) is 5.66. The average Bonchev–Trinajstić information content (AvgIpc) is 3.46. The van der Waals surface area contributed by atoms with Crippen LogP contribution >= 0.6 is 0 Å². The molecule has 3 heterocycles. The quantitative estimate of drug-likeness (QED) is 0.878. The molecule has 1 spiro atoms. The van der Waals surface area contributed by atoms with Crippen molar-refractivity contribution in [2.45, 2.75) is 43.2 Å². The fraction of sp³-hybridized carbons (Fsp3) is 0.500. The smallest absolute Gasteiger partial charge is 0.126 e. The first-order valence-electron chi connectivity index (χ1n) is 10.7. The maximum Gasteiger partial charge on any atom is 0.126 e. The highest BCUT2D eigenvalue weighted by Crippen LogP contribution is 2.53. The van der Waals surface area contributed by atoms with Crippen LogP contribution in [0.1, 0.15) is 48.6 Å². The summed E-state index contributed by atoms with van der Waals surface area (Å²) in [6.45, 7) is 5.23. The molecule has 5 rings (SSSR count). The van der Waals surface area contributed by atoms with E-state index in [0.29, 0.717) is 0 Å². The van der Waals surface area contributed by atoms with Gasteiger partial charge in [0.2, 0.25) is 0 Å². The third-order valence-electron chi connectivity index (χ3n) is 7.15. The second-order valence-corrected chi connectivity index (χ2v) is 8.59. The van der Waals surface area contributed by atoms with Crippen LogP contribution in [0.25, 0.3) is 6.08 Å². The molecule has 2 aliphatic heterocycles. The normalized spacial score (nSPS) is 27.8. The monoisotopic (exact) mass is 378 g/mol. The van der Waals surface area contributed by atoms with Gasteiger partial charge in [-0.1, -0.05) is 30.3 Å². The number of fused-ring (bicyclic) bond motifs is 2. The van der Waals surface area contributed by atoms with Crippen LogP contribution in [0.4, 0.5) is 0 Å². The van der Waals surface area contributed by atoms with E-state index in [1.165, 1.54) is 24.0 Å². The molecule has 0 radical (unpaired) electrons. The minimum Gasteiger partial charge on any atom is -0.465 e. The number of piperidine rings is 1. The highest BCUT2D eigenvalue weighted by atomic mass is 16.3. The van der Waals surface area contributed by atoms with Gasteiger partial charge in [0, 0.05) is 12.0 Å². The van der Waals surface area contributed by atoms with Gasteiger partial charge in [0.1, 0.15) is 5.76 Å². The van der Waals surface area contributed by atoms with Crippen molar-refractivity contribution in [2.24, 2.45) is 0 Å². The van der Waals surface area contributed by atoms with Gasteiger partial charge < -0.3 is 9.52 Å². The predicted molar refractivity (Wildman–Crippen MR) is 111 cm³/mol. The summed E-state index contributed by atoms with van der Waals surface area (Å²) in [5.74, 6) is 0.905. The number of aliphatic hydroxyl groups is 1. The maximum atomic E-state index is 11.5. The summed E-state index contributed by atoms with van der Waals surface area (Å²) < 4.78 is 5.37. The van der Waals surface area contributed by atoms with Gasteiger partial charge in [-0.3, -0.25) is 9.80 Å². The molecule has 148 valence electrons. The van der Waals surface area contributed by atoms with Gasteiger partial charge in [0.25, 0.3) is 0 Å². The van der Waals surface area contributed by atoms with E-state index in [0.717, 1.165) is 51.3 Å². The number of hydrogen-bond donors (Lipinski definition) is 1. The summed E-state index contributed by atoms with van der Waals surface area (Å²) in [7, 11) is 0. The Bertz CT molecular complexity index is 815. The molecule has 2 aromatic rings. The van der Waals surface area contributed by atoms with Crippen LogP contribution in [-0.4, -0.2) is 53.7 Å². The lowest BCUT2D eigenvalue weighted by Crippen LogP contribution is -2.49. The molecule has 28 heavy (non-hydrogen) atoms. The molecule has 2 atom stereocenters. The van der Waals surface area contributed by atoms with Crippen molar-refractivity contribution in [1.82, 2.24) is 9.80 Å². The van der Waals surface area contributed by atoms with Crippen LogP contribution in [-0.2, 0) is 5.41 Å². The molecule has 0 unspecified atom stereocenters. The molecule has 1 aromatic carbocycles. The van der Waals surface area contributed by atoms with E-state index in [9.17, 15) is 5.11 Å². The summed E-state index contributed by atoms with van der Waals surface area (Å²) in [6, 6.07) is 12.9. The molecule has 1 aromatic heterocycles. The Labute approximate surface area is 167 Å². The zero-order valence-corrected chi connectivity index (χ0v) is 16.5. The maximum absolute atomic E-state index is 11.5. The molecule has 0 amide bonds. The van der Waals surface area contributed by atoms with Gasteiger partial charge in [-0.15, -0.1) is 0 Å². The second kappa shape index (κ2) is 7.51. The van der Waals surface area contributed by atoms with Gasteiger partial charge in [0.15, 0.2) is 0 Å². The highest BCUT2D eigenvalue weighted by molar-refractivity contribution is 5.46. The molecule has 3 aliphatic rings. The molecule has 4 nitrogen and oxygen atoms in total. The van der Waals surface area contributed by atoms with Crippen LogP contribution in [0.15, 0.2) is 53.2 Å². The van der Waals surface area contributed by atoms with E-state index in [1.54, 1.807) is 6.26 Å². The van der Waals surface area contributed by atoms with Crippen molar-refractivity contribution < 1.29 is 9.52 Å². The van der Waals surface area contributed by atoms with Crippen molar-refractivity contribution in [2.75, 3.05) is 32.7 Å². The molecular formula is C24H30N2O2. The van der Waals surface area contributed by atoms with Crippen LogP contribution in [0.2, 0.25) is 0 Å². The van der Waals surface area contributed by atoms with Gasteiger partial charge in [-0.2, -0.15) is 0 Å². The fourth-order valence-electron chi connectivity index (χ4n) is 5.66. The average molecular weight is 379 g/mol. The number of nitrogens with zero attached hydrogens (tertiary/aromatic N) is 2. The Kier molecular flexibility index (Phi) is 4.87. The number of likely N-dealkylation sites (tertiary alicyclic amines) is 2. The van der Waals surface area contributed by atoms with E-state index in [-0.39, 0.29) is 17.6 Å². The standard InChI is InChI=1S/C24H30N2O2/c27-23-22(26-14-3-4-15-26)20-9-1-2-10-21(20)24(23)11-16-25(17-12-24)13-5-7-19-8-6-18-28-19/h1-2,5-10,18,22-23,27H,3-4,11-17H2/b7-5+/t22-,23+/m1/s1. The molecule has 0 bridgehead atoms. The third kappa shape index (κ3) is 3.04. The number of aliphatic hydroxyl groups excluding tert-OH is 1. The molecule has 2 saturated heterocycles. The molecule has 0 saturated carbocycles. The van der Waals surface area contributed by atoms with E-state index in [4.69, 9.17) is 4.42 Å². The lowest BCUT2D eigenvalue weighted by atomic mass is 9.72. The van der Waals surface area contributed by atoms with E-state index >= 15 is 0 Å². The zero-order valence-electron chi connectivity index (χ0n) is 16.5. The Morgan fingerprint density at radius 2 is 1.82 bits per heavy atom.